The Bertz CT molecular complexity index is 187. The van der Waals surface area contributed by atoms with E-state index in [1.165, 1.54) is 23.8 Å². The molecule has 1 rings (SSSR count). The van der Waals surface area contributed by atoms with Gasteiger partial charge in [0, 0.05) is 0 Å². The quantitative estimate of drug-likeness (QED) is 0.436. The molecule has 3 heteroatoms. The van der Waals surface area contributed by atoms with Crippen LogP contribution in [0.2, 0.25) is 0 Å². The molecule has 0 aromatic heterocycles. The van der Waals surface area contributed by atoms with E-state index < -0.39 is 0 Å². The van der Waals surface area contributed by atoms with E-state index in [1.807, 2.05) is 0 Å². The lowest BCUT2D eigenvalue weighted by atomic mass is 10.5. The molecule has 42 valence electrons. The van der Waals surface area contributed by atoms with Crippen LogP contribution in [-0.2, 0) is 4.79 Å². The Morgan fingerprint density at radius 2 is 2.25 bits per heavy atom. The molecule has 0 aliphatic carbocycles. The van der Waals surface area contributed by atoms with Crippen LogP contribution in [0.15, 0.2) is 12.2 Å². The van der Waals surface area contributed by atoms with Crippen molar-refractivity contribution < 1.29 is 14.5 Å². The summed E-state index contributed by atoms with van der Waals surface area (Å²) >= 11 is 0. The minimum Gasteiger partial charge on any atom is -0.460 e. The van der Waals surface area contributed by atoms with Crippen LogP contribution >= 0.6 is 0 Å². The number of aliphatic hydroxyl groups is 1. The molecular formula is C5H6NO2+. The van der Waals surface area contributed by atoms with E-state index in [2.05, 4.69) is 0 Å². The summed E-state index contributed by atoms with van der Waals surface area (Å²) in [4.78, 5) is 10.4. The summed E-state index contributed by atoms with van der Waals surface area (Å²) in [6, 6.07) is 0. The van der Waals surface area contributed by atoms with Crippen LogP contribution in [0.3, 0.4) is 0 Å². The fourth-order valence-electron chi connectivity index (χ4n) is 0.482. The van der Waals surface area contributed by atoms with Gasteiger partial charge in [0.1, 0.15) is 7.05 Å². The highest BCUT2D eigenvalue weighted by molar-refractivity contribution is 5.99. The van der Waals surface area contributed by atoms with E-state index in [1.54, 1.807) is 0 Å². The van der Waals surface area contributed by atoms with Gasteiger partial charge in [-0.3, -0.25) is 0 Å². The summed E-state index contributed by atoms with van der Waals surface area (Å²) in [5.74, 6) is -0.169. The molecule has 0 aromatic rings. The first-order valence-corrected chi connectivity index (χ1v) is 2.23. The van der Waals surface area contributed by atoms with Crippen LogP contribution in [-0.4, -0.2) is 28.5 Å². The maximum Gasteiger partial charge on any atom is 0.415 e. The highest BCUT2D eigenvalue weighted by atomic mass is 16.3. The van der Waals surface area contributed by atoms with E-state index in [4.69, 9.17) is 5.11 Å². The zero-order valence-corrected chi connectivity index (χ0v) is 4.46. The topological polar surface area (TPSA) is 40.3 Å². The predicted molar refractivity (Wildman–Crippen MR) is 28.0 cm³/mol. The average molecular weight is 112 g/mol. The minimum absolute atomic E-state index is 0.00926. The van der Waals surface area contributed by atoms with E-state index in [9.17, 15) is 4.79 Å². The van der Waals surface area contributed by atoms with Gasteiger partial charge in [0.2, 0.25) is 0 Å². The summed E-state index contributed by atoms with van der Waals surface area (Å²) in [6.45, 7) is 0. The molecule has 0 aromatic carbocycles. The fourth-order valence-corrected chi connectivity index (χ4v) is 0.482. The fraction of sp³-hybridized carbons (Fsp3) is 0.200. The maximum absolute atomic E-state index is 10.4. The van der Waals surface area contributed by atoms with E-state index in [-0.39, 0.29) is 11.8 Å². The van der Waals surface area contributed by atoms with Gasteiger partial charge in [0.15, 0.2) is 0 Å². The number of nitrogens with zero attached hydrogens (tertiary/aromatic N) is 1. The van der Waals surface area contributed by atoms with Crippen LogP contribution in [0.4, 0.5) is 0 Å². The second-order valence-electron chi connectivity index (χ2n) is 1.59. The van der Waals surface area contributed by atoms with Crippen LogP contribution < -0.4 is 0 Å². The Morgan fingerprint density at radius 1 is 1.62 bits per heavy atom. The SMILES string of the molecule is C[N+]1=C(O)C=CC1=O. The smallest absolute Gasteiger partial charge is 0.415 e. The maximum atomic E-state index is 10.4. The van der Waals surface area contributed by atoms with Crippen molar-refractivity contribution in [2.24, 2.45) is 0 Å². The van der Waals surface area contributed by atoms with E-state index in [0.29, 0.717) is 0 Å². The third-order valence-corrected chi connectivity index (χ3v) is 1.05. The molecular weight excluding hydrogens is 106 g/mol. The Kier molecular flexibility index (Phi) is 0.901. The van der Waals surface area contributed by atoms with Crippen molar-refractivity contribution in [1.29, 1.82) is 0 Å². The molecule has 0 saturated carbocycles. The van der Waals surface area contributed by atoms with Gasteiger partial charge in [-0.2, -0.15) is 0 Å². The van der Waals surface area contributed by atoms with Crippen LogP contribution in [0.5, 0.6) is 0 Å². The van der Waals surface area contributed by atoms with Gasteiger partial charge in [0.05, 0.1) is 12.2 Å². The number of carbonyl (C=O) groups excluding carboxylic acids is 1. The van der Waals surface area contributed by atoms with E-state index >= 15 is 0 Å². The first-order valence-electron chi connectivity index (χ1n) is 2.23. The van der Waals surface area contributed by atoms with Gasteiger partial charge in [0.25, 0.3) is 0 Å². The number of likely N-dealkylation sites (N-methyl/N-ethyl adjacent to an activating group) is 1. The Balaban J connectivity index is 3.02. The predicted octanol–water partition coefficient (Wildman–Crippen LogP) is -0.318. The third kappa shape index (κ3) is 0.521. The van der Waals surface area contributed by atoms with Crippen LogP contribution in [0.1, 0.15) is 0 Å². The lowest BCUT2D eigenvalue weighted by Gasteiger charge is -1.79. The molecule has 0 radical (unpaired) electrons. The monoisotopic (exact) mass is 112 g/mol. The number of rotatable bonds is 0. The van der Waals surface area contributed by atoms with Crippen molar-refractivity contribution in [2.45, 2.75) is 0 Å². The lowest BCUT2D eigenvalue weighted by Crippen LogP contribution is -2.14. The van der Waals surface area contributed by atoms with Crippen LogP contribution in [0.25, 0.3) is 0 Å². The average Bonchev–Trinajstić information content (AvgIpc) is 1.98. The second kappa shape index (κ2) is 1.43. The zero-order valence-electron chi connectivity index (χ0n) is 4.46. The Hall–Kier alpha value is -1.12. The van der Waals surface area contributed by atoms with Gasteiger partial charge < -0.3 is 5.11 Å². The van der Waals surface area contributed by atoms with Crippen molar-refractivity contribution in [2.75, 3.05) is 7.05 Å². The van der Waals surface area contributed by atoms with Crippen LogP contribution in [0, 0.1) is 0 Å². The number of hydrogen-bond donors (Lipinski definition) is 1. The summed E-state index contributed by atoms with van der Waals surface area (Å²) in [6.07, 6.45) is 2.68. The molecule has 0 unspecified atom stereocenters. The first kappa shape index (κ1) is 5.03. The molecule has 1 aliphatic rings. The Labute approximate surface area is 46.6 Å². The molecule has 0 saturated heterocycles. The minimum atomic E-state index is -0.178. The summed E-state index contributed by atoms with van der Waals surface area (Å²) in [7, 11) is 1.51. The zero-order chi connectivity index (χ0) is 6.15. The van der Waals surface area contributed by atoms with Crippen molar-refractivity contribution in [1.82, 2.24) is 0 Å². The summed E-state index contributed by atoms with van der Waals surface area (Å²) < 4.78 is 1.17. The van der Waals surface area contributed by atoms with E-state index in [0.717, 1.165) is 0 Å². The molecule has 8 heavy (non-hydrogen) atoms. The van der Waals surface area contributed by atoms with Gasteiger partial charge in [-0.15, -0.1) is 4.58 Å². The number of amides is 1. The molecule has 0 spiro atoms. The normalized spacial score (nSPS) is 18.4. The highest BCUT2D eigenvalue weighted by Crippen LogP contribution is 1.89. The molecule has 1 amide bonds. The van der Waals surface area contributed by atoms with Crippen molar-refractivity contribution in [3.8, 4) is 0 Å². The number of aliphatic hydroxyl groups excluding tert-OH is 1. The first-order chi connectivity index (χ1) is 3.72. The molecule has 0 fully saturated rings. The van der Waals surface area contributed by atoms with Gasteiger partial charge >= 0.3 is 11.8 Å². The molecule has 0 bridgehead atoms. The third-order valence-electron chi connectivity index (χ3n) is 1.05. The van der Waals surface area contributed by atoms with Crippen molar-refractivity contribution >= 4 is 11.8 Å². The molecule has 0 atom stereocenters. The number of carbonyl (C=O) groups is 1. The lowest BCUT2D eigenvalue weighted by molar-refractivity contribution is -0.417. The highest BCUT2D eigenvalue weighted by Gasteiger charge is 2.19. The second-order valence-corrected chi connectivity index (χ2v) is 1.59. The standard InChI is InChI=1S/C5H5NO2/c1-6-4(7)2-3-5(6)8/h2-3H,1H3/p+1. The molecule has 1 N–H and O–H groups in total. The number of hydrogen-bond acceptors (Lipinski definition) is 1. The molecule has 1 aliphatic heterocycles. The molecule has 1 heterocycles. The van der Waals surface area contributed by atoms with Crippen molar-refractivity contribution in [3.05, 3.63) is 12.2 Å². The van der Waals surface area contributed by atoms with Gasteiger partial charge in [-0.25, -0.2) is 4.79 Å². The Morgan fingerprint density at radius 3 is 2.38 bits per heavy atom. The van der Waals surface area contributed by atoms with Crippen molar-refractivity contribution in [3.63, 3.8) is 0 Å². The van der Waals surface area contributed by atoms with Gasteiger partial charge in [-0.1, -0.05) is 0 Å². The largest absolute Gasteiger partial charge is 0.460 e. The summed E-state index contributed by atoms with van der Waals surface area (Å²) in [5.41, 5.74) is 0. The molecule has 3 nitrogen and oxygen atoms in total. The van der Waals surface area contributed by atoms with Gasteiger partial charge in [-0.05, 0) is 0 Å². The summed E-state index contributed by atoms with van der Waals surface area (Å²) in [5, 5.41) is 8.70.